The maximum Gasteiger partial charge on any atom is 0.340 e. The average molecular weight is 384 g/mol. The molecule has 0 aliphatic heterocycles. The fourth-order valence-corrected chi connectivity index (χ4v) is 2.92. The largest absolute Gasteiger partial charge is 0.478 e. The van der Waals surface area contributed by atoms with Crippen LogP contribution in [0.2, 0.25) is 10.0 Å². The van der Waals surface area contributed by atoms with Crippen LogP contribution in [0.15, 0.2) is 18.2 Å². The minimum atomic E-state index is -1.29. The fourth-order valence-electron chi connectivity index (χ4n) is 2.53. The minimum Gasteiger partial charge on any atom is -0.478 e. The summed E-state index contributed by atoms with van der Waals surface area (Å²) in [6.07, 6.45) is 0. The van der Waals surface area contributed by atoms with Gasteiger partial charge >= 0.3 is 11.9 Å². The Morgan fingerprint density at radius 2 is 1.92 bits per heavy atom. The van der Waals surface area contributed by atoms with Gasteiger partial charge in [-0.25, -0.2) is 9.59 Å². The summed E-state index contributed by atoms with van der Waals surface area (Å²) in [6, 6.07) is 4.66. The molecule has 0 saturated heterocycles. The van der Waals surface area contributed by atoms with E-state index >= 15 is 0 Å². The maximum atomic E-state index is 12.5. The third kappa shape index (κ3) is 3.61. The van der Waals surface area contributed by atoms with Gasteiger partial charge in [-0.1, -0.05) is 35.3 Å². The van der Waals surface area contributed by atoms with E-state index in [0.29, 0.717) is 0 Å². The molecule has 8 heteroatoms. The number of pyridine rings is 1. The molecule has 0 radical (unpaired) electrons. The van der Waals surface area contributed by atoms with Crippen molar-refractivity contribution in [1.82, 2.24) is 4.98 Å². The molecule has 0 aliphatic carbocycles. The second kappa shape index (κ2) is 7.82. The number of ether oxygens (including phenoxy) is 1. The molecule has 0 spiro atoms. The molecule has 25 heavy (non-hydrogen) atoms. The Morgan fingerprint density at radius 3 is 2.48 bits per heavy atom. The van der Waals surface area contributed by atoms with Crippen molar-refractivity contribution in [3.05, 3.63) is 50.8 Å². The summed E-state index contributed by atoms with van der Waals surface area (Å²) in [7, 11) is 0. The lowest BCUT2D eigenvalue weighted by Gasteiger charge is -2.18. The number of benzene rings is 1. The van der Waals surface area contributed by atoms with Gasteiger partial charge in [0, 0.05) is 11.1 Å². The predicted molar refractivity (Wildman–Crippen MR) is 93.3 cm³/mol. The molecule has 0 bridgehead atoms. The van der Waals surface area contributed by atoms with Crippen LogP contribution in [0.3, 0.4) is 0 Å². The zero-order chi connectivity index (χ0) is 18.7. The Bertz CT molecular complexity index is 851. The van der Waals surface area contributed by atoms with Crippen LogP contribution >= 0.6 is 23.2 Å². The zero-order valence-corrected chi connectivity index (χ0v) is 15.0. The van der Waals surface area contributed by atoms with Crippen molar-refractivity contribution in [3.8, 4) is 11.1 Å². The Labute approximate surface area is 154 Å². The van der Waals surface area contributed by atoms with Crippen molar-refractivity contribution >= 4 is 35.1 Å². The number of hydrogen-bond acceptors (Lipinski definition) is 5. The van der Waals surface area contributed by atoms with Gasteiger partial charge in [0.25, 0.3) is 0 Å². The molecule has 2 rings (SSSR count). The molecule has 1 aromatic carbocycles. The number of aliphatic hydroxyl groups excluding tert-OH is 1. The standard InChI is InChI=1S/C17H15Cl2NO5/c1-3-25-17(24)14-11(7-21)20-8(2)12(16(22)23)13(14)9-5-4-6-10(18)15(9)19/h4-6,21H,3,7H2,1-2H3,(H,22,23). The Kier molecular flexibility index (Phi) is 6.00. The zero-order valence-electron chi connectivity index (χ0n) is 13.5. The highest BCUT2D eigenvalue weighted by Crippen LogP contribution is 2.39. The molecular weight excluding hydrogens is 369 g/mol. The highest BCUT2D eigenvalue weighted by Gasteiger charge is 2.29. The number of esters is 1. The first-order valence-corrected chi connectivity index (χ1v) is 8.08. The summed E-state index contributed by atoms with van der Waals surface area (Å²) in [5, 5.41) is 19.5. The number of hydrogen-bond donors (Lipinski definition) is 2. The van der Waals surface area contributed by atoms with Crippen molar-refractivity contribution < 1.29 is 24.5 Å². The van der Waals surface area contributed by atoms with Gasteiger partial charge in [0.15, 0.2) is 0 Å². The summed E-state index contributed by atoms with van der Waals surface area (Å²) in [4.78, 5) is 28.3. The summed E-state index contributed by atoms with van der Waals surface area (Å²) < 4.78 is 5.02. The summed E-state index contributed by atoms with van der Waals surface area (Å²) in [5.41, 5.74) is 0.0633. The van der Waals surface area contributed by atoms with Gasteiger partial charge in [-0.15, -0.1) is 0 Å². The lowest BCUT2D eigenvalue weighted by Crippen LogP contribution is -2.17. The van der Waals surface area contributed by atoms with Crippen molar-refractivity contribution in [2.75, 3.05) is 6.61 Å². The van der Waals surface area contributed by atoms with E-state index in [9.17, 15) is 19.8 Å². The first-order valence-electron chi connectivity index (χ1n) is 7.32. The van der Waals surface area contributed by atoms with Gasteiger partial charge in [-0.2, -0.15) is 0 Å². The minimum absolute atomic E-state index is 0.00647. The second-order valence-corrected chi connectivity index (χ2v) is 5.84. The molecule has 0 unspecified atom stereocenters. The molecule has 1 heterocycles. The second-order valence-electron chi connectivity index (χ2n) is 5.05. The number of aliphatic hydroxyl groups is 1. The maximum absolute atomic E-state index is 12.5. The SMILES string of the molecule is CCOC(=O)c1c(CO)nc(C)c(C(=O)O)c1-c1cccc(Cl)c1Cl. The van der Waals surface area contributed by atoms with Crippen LogP contribution in [0.5, 0.6) is 0 Å². The molecule has 0 amide bonds. The third-order valence-electron chi connectivity index (χ3n) is 3.52. The number of aromatic carboxylic acids is 1. The van der Waals surface area contributed by atoms with Gasteiger partial charge in [-0.3, -0.25) is 4.98 Å². The molecule has 1 aromatic heterocycles. The van der Waals surface area contributed by atoms with Crippen LogP contribution in [0.1, 0.15) is 39.0 Å². The van der Waals surface area contributed by atoms with E-state index in [-0.39, 0.29) is 50.3 Å². The lowest BCUT2D eigenvalue weighted by molar-refractivity contribution is 0.0523. The lowest BCUT2D eigenvalue weighted by atomic mass is 9.92. The topological polar surface area (TPSA) is 96.7 Å². The molecule has 6 nitrogen and oxygen atoms in total. The van der Waals surface area contributed by atoms with E-state index in [1.54, 1.807) is 25.1 Å². The van der Waals surface area contributed by atoms with Crippen LogP contribution in [0.25, 0.3) is 11.1 Å². The van der Waals surface area contributed by atoms with Gasteiger partial charge in [0.05, 0.1) is 45.8 Å². The van der Waals surface area contributed by atoms with Crippen LogP contribution in [-0.4, -0.2) is 33.7 Å². The van der Waals surface area contributed by atoms with Gasteiger partial charge < -0.3 is 14.9 Å². The number of rotatable bonds is 5. The molecule has 0 atom stereocenters. The molecule has 132 valence electrons. The number of carbonyl (C=O) groups excluding carboxylic acids is 1. The van der Waals surface area contributed by atoms with Crippen LogP contribution in [0.4, 0.5) is 0 Å². The molecular formula is C17H15Cl2NO5. The van der Waals surface area contributed by atoms with E-state index in [0.717, 1.165) is 0 Å². The van der Waals surface area contributed by atoms with E-state index < -0.39 is 18.5 Å². The fraction of sp³-hybridized carbons (Fsp3) is 0.235. The molecule has 2 aromatic rings. The first kappa shape index (κ1) is 19.2. The van der Waals surface area contributed by atoms with Crippen molar-refractivity contribution in [2.24, 2.45) is 0 Å². The summed E-state index contributed by atoms with van der Waals surface area (Å²) in [5.74, 6) is -2.08. The molecule has 0 aliphatic rings. The Balaban J connectivity index is 2.99. The number of carboxylic acid groups (broad SMARTS) is 1. The quantitative estimate of drug-likeness (QED) is 0.763. The molecule has 2 N–H and O–H groups in total. The normalized spacial score (nSPS) is 10.6. The van der Waals surface area contributed by atoms with E-state index in [1.807, 2.05) is 0 Å². The van der Waals surface area contributed by atoms with Crippen molar-refractivity contribution in [3.63, 3.8) is 0 Å². The summed E-state index contributed by atoms with van der Waals surface area (Å²) in [6.45, 7) is 2.59. The van der Waals surface area contributed by atoms with Crippen LogP contribution < -0.4 is 0 Å². The van der Waals surface area contributed by atoms with E-state index in [2.05, 4.69) is 4.98 Å². The van der Waals surface area contributed by atoms with Crippen molar-refractivity contribution in [1.29, 1.82) is 0 Å². The molecule has 0 fully saturated rings. The smallest absolute Gasteiger partial charge is 0.340 e. The number of nitrogens with zero attached hydrogens (tertiary/aromatic N) is 1. The van der Waals surface area contributed by atoms with Crippen molar-refractivity contribution in [2.45, 2.75) is 20.5 Å². The van der Waals surface area contributed by atoms with Gasteiger partial charge in [0.1, 0.15) is 0 Å². The van der Waals surface area contributed by atoms with Crippen LogP contribution in [-0.2, 0) is 11.3 Å². The van der Waals surface area contributed by atoms with Gasteiger partial charge in [-0.05, 0) is 19.9 Å². The molecule has 0 saturated carbocycles. The average Bonchev–Trinajstić information content (AvgIpc) is 2.56. The highest BCUT2D eigenvalue weighted by molar-refractivity contribution is 6.44. The van der Waals surface area contributed by atoms with E-state index in [4.69, 9.17) is 27.9 Å². The number of carbonyl (C=O) groups is 2. The van der Waals surface area contributed by atoms with E-state index in [1.165, 1.54) is 6.92 Å². The number of aryl methyl sites for hydroxylation is 1. The monoisotopic (exact) mass is 383 g/mol. The van der Waals surface area contributed by atoms with Gasteiger partial charge in [0.2, 0.25) is 0 Å². The highest BCUT2D eigenvalue weighted by atomic mass is 35.5. The number of aromatic nitrogens is 1. The first-order chi connectivity index (χ1) is 11.8. The third-order valence-corrected chi connectivity index (χ3v) is 4.34. The number of halogens is 2. The Morgan fingerprint density at radius 1 is 1.24 bits per heavy atom. The predicted octanol–water partition coefficient (Wildman–Crippen LogP) is 3.73. The summed E-state index contributed by atoms with van der Waals surface area (Å²) >= 11 is 12.3. The number of carboxylic acids is 1. The Hall–Kier alpha value is -2.15. The van der Waals surface area contributed by atoms with Crippen LogP contribution in [0, 0.1) is 6.92 Å².